The molecule has 2 aliphatic heterocycles. The van der Waals surface area contributed by atoms with E-state index in [1.54, 1.807) is 0 Å². The maximum atomic E-state index is 13.9. The quantitative estimate of drug-likeness (QED) is 0.261. The first-order valence-electron chi connectivity index (χ1n) is 14.3. The minimum Gasteiger partial charge on any atom is -0.664 e. The summed E-state index contributed by atoms with van der Waals surface area (Å²) < 4.78 is 5.14. The summed E-state index contributed by atoms with van der Waals surface area (Å²) in [6, 6.07) is 0. The van der Waals surface area contributed by atoms with Crippen LogP contribution < -0.4 is 25.7 Å². The Morgan fingerprint density at radius 1 is 0.977 bits per heavy atom. The second-order valence-corrected chi connectivity index (χ2v) is 11.2. The fourth-order valence-corrected chi connectivity index (χ4v) is 6.81. The number of ether oxygens (including phenoxy) is 1. The summed E-state index contributed by atoms with van der Waals surface area (Å²) in [5.41, 5.74) is 10.5. The van der Waals surface area contributed by atoms with Gasteiger partial charge in [0.1, 0.15) is 5.92 Å². The van der Waals surface area contributed by atoms with Gasteiger partial charge in [-0.1, -0.05) is 85.9 Å². The molecule has 1 saturated heterocycles. The van der Waals surface area contributed by atoms with Crippen molar-refractivity contribution in [1.29, 1.82) is 0 Å². The monoisotopic (exact) mass is 588 g/mol. The van der Waals surface area contributed by atoms with Crippen molar-refractivity contribution in [1.82, 2.24) is 15.0 Å². The van der Waals surface area contributed by atoms with Crippen molar-refractivity contribution >= 4 is 64.7 Å². The van der Waals surface area contributed by atoms with Gasteiger partial charge in [0.2, 0.25) is 0 Å². The Kier molecular flexibility index (Phi) is 8.93. The second kappa shape index (κ2) is 11.9. The van der Waals surface area contributed by atoms with E-state index in [0.717, 1.165) is 74.1 Å². The summed E-state index contributed by atoms with van der Waals surface area (Å²) in [5, 5.41) is 6.80. The zero-order chi connectivity index (χ0) is 29.3. The number of esters is 1. The van der Waals surface area contributed by atoms with Crippen LogP contribution in [0.5, 0.6) is 0 Å². The van der Waals surface area contributed by atoms with Gasteiger partial charge in [-0.2, -0.15) is 11.4 Å². The molecular formula is C34H36MgN4O4-2. The SMILES string of the molecule is C=Cc1c2[n-]c(c1C)/C=C1\[N-]/C(=C3\c4[n-]c(c(C)c4C(=O)[C@@H]3C(=O)OC)/C=c3\[n-]/c(c(C)c3CC)=C\2)[C@@H](CC)[C@@H]1C.O.[Mg+2]. The normalized spacial score (nSPS) is 24.4. The van der Waals surface area contributed by atoms with E-state index in [2.05, 4.69) is 34.3 Å². The van der Waals surface area contributed by atoms with Crippen LogP contribution in [0.15, 0.2) is 18.0 Å². The number of ketones is 1. The van der Waals surface area contributed by atoms with Crippen molar-refractivity contribution in [2.75, 3.05) is 7.11 Å². The molecule has 0 unspecified atom stereocenters. The van der Waals surface area contributed by atoms with Crippen molar-refractivity contribution in [2.24, 2.45) is 17.8 Å². The fraction of sp³-hybridized carbons (Fsp3) is 0.353. The van der Waals surface area contributed by atoms with Crippen LogP contribution in [0.1, 0.15) is 88.1 Å². The molecule has 9 heteroatoms. The van der Waals surface area contributed by atoms with E-state index >= 15 is 0 Å². The third-order valence-electron chi connectivity index (χ3n) is 9.19. The number of fused-ring (bicyclic) bond motifs is 7. The molecule has 0 spiro atoms. The summed E-state index contributed by atoms with van der Waals surface area (Å²) >= 11 is 0. The molecule has 3 atom stereocenters. The molecule has 3 aromatic heterocycles. The molecule has 8 bridgehead atoms. The second-order valence-electron chi connectivity index (χ2n) is 11.2. The minimum absolute atomic E-state index is 0. The summed E-state index contributed by atoms with van der Waals surface area (Å²) in [6.45, 7) is 16.5. The largest absolute Gasteiger partial charge is 2.00 e. The minimum atomic E-state index is -1.08. The Morgan fingerprint density at radius 2 is 1.65 bits per heavy atom. The van der Waals surface area contributed by atoms with Gasteiger partial charge in [-0.3, -0.25) is 9.59 Å². The Balaban J connectivity index is 0.00000212. The molecule has 2 N–H and O–H groups in total. The molecule has 0 saturated carbocycles. The number of allylic oxidation sites excluding steroid dienone is 2. The Morgan fingerprint density at radius 3 is 2.28 bits per heavy atom. The third-order valence-corrected chi connectivity index (χ3v) is 9.19. The smallest absolute Gasteiger partial charge is 0.664 e. The van der Waals surface area contributed by atoms with E-state index in [9.17, 15) is 9.59 Å². The number of hydrogen-bond acceptors (Lipinski definition) is 3. The summed E-state index contributed by atoms with van der Waals surface area (Å²) in [7, 11) is 1.32. The third kappa shape index (κ3) is 4.69. The molecule has 0 amide bonds. The average molecular weight is 589 g/mol. The standard InChI is InChI=1S/C34H35N4O3.Mg.H2O/c1-9-19-15(4)22-12-24-17(6)21(11-3)31(37-24)29-30(34(40)41-8)33(39)28-18(7)25(38-32(28)29)14-27-20(10-2)16(5)23(36-27)13-26(19)35-22;;/h9,12-14,17,21,30H,1,10-11H2,2-8H3,(H-,37,38,39);;1H2/q-3;+2;/p-1/b23-13-,24-12-,27-14-;;/t17-,21-,30+;;/m0../s1. The summed E-state index contributed by atoms with van der Waals surface area (Å²) in [4.78, 5) is 42.0. The van der Waals surface area contributed by atoms with Gasteiger partial charge in [0.25, 0.3) is 0 Å². The van der Waals surface area contributed by atoms with Crippen LogP contribution in [-0.2, 0) is 16.0 Å². The molecule has 43 heavy (non-hydrogen) atoms. The van der Waals surface area contributed by atoms with Crippen LogP contribution in [0.4, 0.5) is 0 Å². The van der Waals surface area contributed by atoms with Crippen molar-refractivity contribution in [3.63, 3.8) is 0 Å². The Hall–Kier alpha value is -3.53. The Bertz CT molecular complexity index is 1850. The van der Waals surface area contributed by atoms with Crippen molar-refractivity contribution < 1.29 is 19.8 Å². The molecule has 0 aromatic carbocycles. The molecule has 3 aliphatic rings. The van der Waals surface area contributed by atoms with Gasteiger partial charge in [0.15, 0.2) is 5.78 Å². The number of rotatable bonds is 4. The molecule has 220 valence electrons. The van der Waals surface area contributed by atoms with Gasteiger partial charge in [0, 0.05) is 5.56 Å². The molecule has 6 rings (SSSR count). The number of carbonyl (C=O) groups is 2. The predicted molar refractivity (Wildman–Crippen MR) is 170 cm³/mol. The molecule has 5 heterocycles. The first-order valence-corrected chi connectivity index (χ1v) is 14.3. The van der Waals surface area contributed by atoms with Crippen LogP contribution in [0.2, 0.25) is 0 Å². The number of hydrogen-bond donors (Lipinski definition) is 0. The summed E-state index contributed by atoms with van der Waals surface area (Å²) in [5.74, 6) is -1.87. The average Bonchev–Trinajstić information content (AvgIpc) is 3.69. The maximum Gasteiger partial charge on any atom is 2.00 e. The van der Waals surface area contributed by atoms with Gasteiger partial charge in [0.05, 0.1) is 7.11 Å². The van der Waals surface area contributed by atoms with Crippen LogP contribution in [0, 0.1) is 38.5 Å². The van der Waals surface area contributed by atoms with Gasteiger partial charge in [-0.15, -0.1) is 33.5 Å². The summed E-state index contributed by atoms with van der Waals surface area (Å²) in [6.07, 6.45) is 9.47. The number of nitrogens with zero attached hydrogens (tertiary/aromatic N) is 4. The number of aromatic nitrogens is 3. The Labute approximate surface area is 267 Å². The number of carbonyl (C=O) groups excluding carboxylic acids is 2. The zero-order valence-electron chi connectivity index (χ0n) is 25.9. The van der Waals surface area contributed by atoms with Gasteiger partial charge < -0.3 is 30.5 Å². The van der Waals surface area contributed by atoms with E-state index in [1.807, 2.05) is 38.2 Å². The van der Waals surface area contributed by atoms with E-state index in [4.69, 9.17) is 25.0 Å². The van der Waals surface area contributed by atoms with Crippen LogP contribution in [0.3, 0.4) is 0 Å². The number of methoxy groups -OCH3 is 1. The van der Waals surface area contributed by atoms with E-state index < -0.39 is 11.9 Å². The molecule has 0 radical (unpaired) electrons. The fourth-order valence-electron chi connectivity index (χ4n) is 6.81. The van der Waals surface area contributed by atoms with E-state index in [1.165, 1.54) is 7.11 Å². The number of Topliss-reactive ketones (excluding diaryl/α,β-unsaturated/α-hetero) is 1. The van der Waals surface area contributed by atoms with E-state index in [0.29, 0.717) is 22.5 Å². The van der Waals surface area contributed by atoms with Crippen LogP contribution >= 0.6 is 0 Å². The van der Waals surface area contributed by atoms with Crippen molar-refractivity contribution in [2.45, 2.75) is 54.4 Å². The zero-order valence-corrected chi connectivity index (χ0v) is 27.3. The maximum absolute atomic E-state index is 13.9. The molecule has 3 aromatic rings. The first kappa shape index (κ1) is 32.4. The van der Waals surface area contributed by atoms with Crippen molar-refractivity contribution in [3.05, 3.63) is 90.1 Å². The molecule has 1 aliphatic carbocycles. The van der Waals surface area contributed by atoms with Gasteiger partial charge in [-0.05, 0) is 44.6 Å². The first-order chi connectivity index (χ1) is 19.6. The predicted octanol–water partition coefficient (Wildman–Crippen LogP) is 3.24. The topological polar surface area (TPSA) is 131 Å². The van der Waals surface area contributed by atoms with E-state index in [-0.39, 0.29) is 46.1 Å². The van der Waals surface area contributed by atoms with Crippen LogP contribution in [-0.4, -0.2) is 47.4 Å². The molecule has 1 fully saturated rings. The van der Waals surface area contributed by atoms with Crippen LogP contribution in [0.25, 0.3) is 35.2 Å². The van der Waals surface area contributed by atoms with Gasteiger partial charge >= 0.3 is 29.0 Å². The van der Waals surface area contributed by atoms with Crippen molar-refractivity contribution in [3.8, 4) is 0 Å². The molecular weight excluding hydrogens is 553 g/mol. The van der Waals surface area contributed by atoms with Gasteiger partial charge in [-0.25, -0.2) is 0 Å². The molecule has 8 nitrogen and oxygen atoms in total.